The highest BCUT2D eigenvalue weighted by atomic mass is 32.1. The first-order chi connectivity index (χ1) is 13.2. The number of rotatable bonds is 2. The minimum atomic E-state index is -0.254. The van der Waals surface area contributed by atoms with Crippen molar-refractivity contribution in [2.24, 2.45) is 0 Å². The Hall–Kier alpha value is -3.26. The van der Waals surface area contributed by atoms with Gasteiger partial charge in [-0.15, -0.1) is 0 Å². The van der Waals surface area contributed by atoms with Crippen LogP contribution in [-0.4, -0.2) is 37.3 Å². The van der Waals surface area contributed by atoms with Crippen LogP contribution >= 0.6 is 11.3 Å². The fourth-order valence-corrected chi connectivity index (χ4v) is 4.50. The minimum absolute atomic E-state index is 0.0419. The molecular weight excluding hydrogens is 360 g/mol. The molecule has 3 N–H and O–H groups in total. The molecule has 1 unspecified atom stereocenters. The van der Waals surface area contributed by atoms with Gasteiger partial charge in [-0.05, 0) is 29.8 Å². The molecule has 1 aliphatic heterocycles. The van der Waals surface area contributed by atoms with Crippen molar-refractivity contribution >= 4 is 32.6 Å². The number of carbonyl (C=O) groups is 1. The summed E-state index contributed by atoms with van der Waals surface area (Å²) in [6.45, 7) is 0.603. The van der Waals surface area contributed by atoms with Gasteiger partial charge in [-0.3, -0.25) is 9.78 Å². The topological polar surface area (TPSA) is 101 Å². The number of hydrogen-bond donors (Lipinski definition) is 2. The van der Waals surface area contributed by atoms with Gasteiger partial charge in [-0.25, -0.2) is 9.97 Å². The smallest absolute Gasteiger partial charge is 0.256 e. The van der Waals surface area contributed by atoms with Gasteiger partial charge in [0, 0.05) is 31.1 Å². The van der Waals surface area contributed by atoms with Crippen LogP contribution in [0.15, 0.2) is 49.1 Å². The number of aromatic amines is 1. The highest BCUT2D eigenvalue weighted by Crippen LogP contribution is 2.36. The van der Waals surface area contributed by atoms with Crippen molar-refractivity contribution in [3.8, 4) is 0 Å². The monoisotopic (exact) mass is 376 g/mol. The first-order valence-electron chi connectivity index (χ1n) is 8.60. The SMILES string of the molecule is Nc1nc2cccc(C(=O)N3CCc4[nH]cnc4C3c3ccncc3)c2s1. The van der Waals surface area contributed by atoms with Crippen molar-refractivity contribution in [1.82, 2.24) is 24.8 Å². The van der Waals surface area contributed by atoms with Crippen molar-refractivity contribution in [3.05, 3.63) is 71.6 Å². The number of fused-ring (bicyclic) bond motifs is 2. The van der Waals surface area contributed by atoms with Gasteiger partial charge in [0.25, 0.3) is 5.91 Å². The molecule has 27 heavy (non-hydrogen) atoms. The molecule has 5 rings (SSSR count). The summed E-state index contributed by atoms with van der Waals surface area (Å²) in [5.41, 5.74) is 10.2. The largest absolute Gasteiger partial charge is 0.375 e. The van der Waals surface area contributed by atoms with Crippen LogP contribution in [0.25, 0.3) is 10.2 Å². The van der Waals surface area contributed by atoms with Crippen molar-refractivity contribution in [2.45, 2.75) is 12.5 Å². The minimum Gasteiger partial charge on any atom is -0.375 e. The summed E-state index contributed by atoms with van der Waals surface area (Å²) in [5, 5.41) is 0.462. The maximum atomic E-state index is 13.5. The highest BCUT2D eigenvalue weighted by molar-refractivity contribution is 7.22. The number of hydrogen-bond acceptors (Lipinski definition) is 6. The lowest BCUT2D eigenvalue weighted by Crippen LogP contribution is -2.40. The van der Waals surface area contributed by atoms with E-state index in [9.17, 15) is 4.79 Å². The zero-order valence-electron chi connectivity index (χ0n) is 14.3. The van der Waals surface area contributed by atoms with E-state index in [1.807, 2.05) is 35.2 Å². The molecule has 4 aromatic rings. The zero-order valence-corrected chi connectivity index (χ0v) is 15.1. The zero-order chi connectivity index (χ0) is 18.4. The molecule has 0 saturated heterocycles. The van der Waals surface area contributed by atoms with Crippen LogP contribution in [0.3, 0.4) is 0 Å². The van der Waals surface area contributed by atoms with Gasteiger partial charge in [-0.1, -0.05) is 17.4 Å². The van der Waals surface area contributed by atoms with Crippen LogP contribution in [0, 0.1) is 0 Å². The van der Waals surface area contributed by atoms with Crippen LogP contribution in [0.2, 0.25) is 0 Å². The molecule has 8 heteroatoms. The predicted octanol–water partition coefficient (Wildman–Crippen LogP) is 2.78. The fourth-order valence-electron chi connectivity index (χ4n) is 3.67. The maximum absolute atomic E-state index is 13.5. The second-order valence-corrected chi connectivity index (χ2v) is 7.43. The summed E-state index contributed by atoms with van der Waals surface area (Å²) in [7, 11) is 0. The van der Waals surface area contributed by atoms with Crippen LogP contribution < -0.4 is 5.73 Å². The first-order valence-corrected chi connectivity index (χ1v) is 9.42. The molecule has 4 heterocycles. The Bertz CT molecular complexity index is 1140. The van der Waals surface area contributed by atoms with Gasteiger partial charge in [0.15, 0.2) is 5.13 Å². The average Bonchev–Trinajstić information content (AvgIpc) is 3.32. The van der Waals surface area contributed by atoms with Crippen molar-refractivity contribution in [3.63, 3.8) is 0 Å². The van der Waals surface area contributed by atoms with Crippen molar-refractivity contribution in [1.29, 1.82) is 0 Å². The molecular formula is C19H16N6OS. The van der Waals surface area contributed by atoms with E-state index in [4.69, 9.17) is 5.73 Å². The van der Waals surface area contributed by atoms with E-state index in [1.165, 1.54) is 11.3 Å². The van der Waals surface area contributed by atoms with Gasteiger partial charge < -0.3 is 15.6 Å². The lowest BCUT2D eigenvalue weighted by Gasteiger charge is -2.35. The third-order valence-electron chi connectivity index (χ3n) is 4.87. The molecule has 134 valence electrons. The normalized spacial score (nSPS) is 16.4. The summed E-state index contributed by atoms with van der Waals surface area (Å²) in [6, 6.07) is 9.17. The summed E-state index contributed by atoms with van der Waals surface area (Å²) >= 11 is 1.34. The number of anilines is 1. The lowest BCUT2D eigenvalue weighted by atomic mass is 9.95. The van der Waals surface area contributed by atoms with Gasteiger partial charge in [0.05, 0.1) is 27.8 Å². The average molecular weight is 376 g/mol. The Morgan fingerprint density at radius 1 is 1.26 bits per heavy atom. The number of H-pyrrole nitrogens is 1. The molecule has 1 aliphatic rings. The number of amides is 1. The molecule has 1 amide bonds. The molecule has 0 spiro atoms. The van der Waals surface area contributed by atoms with Gasteiger partial charge in [0.2, 0.25) is 0 Å². The summed E-state index contributed by atoms with van der Waals surface area (Å²) in [4.78, 5) is 31.5. The summed E-state index contributed by atoms with van der Waals surface area (Å²) in [5.74, 6) is -0.0419. The van der Waals surface area contributed by atoms with Crippen molar-refractivity contribution < 1.29 is 4.79 Å². The van der Waals surface area contributed by atoms with Crippen LogP contribution in [0.4, 0.5) is 5.13 Å². The van der Waals surface area contributed by atoms with E-state index < -0.39 is 0 Å². The second-order valence-electron chi connectivity index (χ2n) is 6.40. The van der Waals surface area contributed by atoms with Crippen LogP contribution in [-0.2, 0) is 6.42 Å². The Balaban J connectivity index is 1.63. The third kappa shape index (κ3) is 2.57. The lowest BCUT2D eigenvalue weighted by molar-refractivity contribution is 0.0693. The molecule has 1 atom stereocenters. The van der Waals surface area contributed by atoms with Crippen LogP contribution in [0.1, 0.15) is 33.4 Å². The number of pyridine rings is 1. The van der Waals surface area contributed by atoms with E-state index in [0.29, 0.717) is 17.2 Å². The number of nitrogens with two attached hydrogens (primary N) is 1. The number of benzene rings is 1. The summed E-state index contributed by atoms with van der Waals surface area (Å²) < 4.78 is 0.821. The van der Waals surface area contributed by atoms with E-state index in [2.05, 4.69) is 19.9 Å². The molecule has 0 fully saturated rings. The molecule has 7 nitrogen and oxygen atoms in total. The molecule has 0 radical (unpaired) electrons. The van der Waals surface area contributed by atoms with Gasteiger partial charge in [-0.2, -0.15) is 0 Å². The maximum Gasteiger partial charge on any atom is 0.256 e. The third-order valence-corrected chi connectivity index (χ3v) is 5.80. The number of nitrogens with one attached hydrogen (secondary N) is 1. The van der Waals surface area contributed by atoms with E-state index in [0.717, 1.165) is 33.6 Å². The van der Waals surface area contributed by atoms with Crippen molar-refractivity contribution in [2.75, 3.05) is 12.3 Å². The molecule has 0 saturated carbocycles. The van der Waals surface area contributed by atoms with Gasteiger partial charge in [0.1, 0.15) is 6.04 Å². The quantitative estimate of drug-likeness (QED) is 0.560. The molecule has 1 aromatic carbocycles. The number of nitrogens with zero attached hydrogens (tertiary/aromatic N) is 4. The number of nitrogen functional groups attached to an aromatic ring is 1. The summed E-state index contributed by atoms with van der Waals surface area (Å²) in [6.07, 6.45) is 5.91. The molecule has 0 bridgehead atoms. The first kappa shape index (κ1) is 16.0. The number of imidazole rings is 1. The standard InChI is InChI=1S/C19H16N6OS/c20-19-24-14-3-1-2-12(17(14)27-19)18(26)25-9-6-13-15(23-10-22-13)16(25)11-4-7-21-8-5-11/h1-5,7-8,10,16H,6,9H2,(H2,20,24)(H,22,23). The molecule has 0 aliphatic carbocycles. The van der Waals surface area contributed by atoms with E-state index >= 15 is 0 Å². The Labute approximate surface area is 158 Å². The highest BCUT2D eigenvalue weighted by Gasteiger charge is 2.35. The Morgan fingerprint density at radius 3 is 2.96 bits per heavy atom. The second kappa shape index (κ2) is 6.17. The number of aromatic nitrogens is 4. The Morgan fingerprint density at radius 2 is 2.11 bits per heavy atom. The van der Waals surface area contributed by atoms with E-state index in [-0.39, 0.29) is 11.9 Å². The Kier molecular flexibility index (Phi) is 3.64. The van der Waals surface area contributed by atoms with Gasteiger partial charge >= 0.3 is 0 Å². The number of thiazole rings is 1. The number of carbonyl (C=O) groups excluding carboxylic acids is 1. The fraction of sp³-hybridized carbons (Fsp3) is 0.158. The predicted molar refractivity (Wildman–Crippen MR) is 103 cm³/mol. The molecule has 3 aromatic heterocycles. The van der Waals surface area contributed by atoms with Crippen LogP contribution in [0.5, 0.6) is 0 Å². The van der Waals surface area contributed by atoms with E-state index in [1.54, 1.807) is 18.7 Å².